The molecule has 0 spiro atoms. The summed E-state index contributed by atoms with van der Waals surface area (Å²) in [5.41, 5.74) is 1.52. The Labute approximate surface area is 110 Å². The third-order valence-corrected chi connectivity index (χ3v) is 2.66. The first kappa shape index (κ1) is 13.5. The van der Waals surface area contributed by atoms with Gasteiger partial charge in [-0.3, -0.25) is 4.79 Å². The number of carbonyl (C=O) groups excluding carboxylic acids is 2. The molecule has 6 nitrogen and oxygen atoms in total. The number of amides is 1. The van der Waals surface area contributed by atoms with E-state index >= 15 is 0 Å². The lowest BCUT2D eigenvalue weighted by Gasteiger charge is -2.15. The van der Waals surface area contributed by atoms with Gasteiger partial charge in [-0.25, -0.2) is 4.79 Å². The Kier molecular flexibility index (Phi) is 4.13. The molecule has 102 valence electrons. The number of carbonyl (C=O) groups is 2. The summed E-state index contributed by atoms with van der Waals surface area (Å²) in [7, 11) is 1.30. The molecule has 0 radical (unpaired) electrons. The van der Waals surface area contributed by atoms with Crippen molar-refractivity contribution in [2.24, 2.45) is 0 Å². The van der Waals surface area contributed by atoms with Gasteiger partial charge in [-0.15, -0.1) is 0 Å². The van der Waals surface area contributed by atoms with Crippen LogP contribution < -0.4 is 5.32 Å². The first-order chi connectivity index (χ1) is 9.11. The van der Waals surface area contributed by atoms with Crippen LogP contribution in [0.2, 0.25) is 0 Å². The number of hydrogen-bond acceptors (Lipinski definition) is 5. The van der Waals surface area contributed by atoms with E-state index in [1.54, 1.807) is 18.2 Å². The van der Waals surface area contributed by atoms with Crippen LogP contribution in [0.25, 0.3) is 0 Å². The van der Waals surface area contributed by atoms with Gasteiger partial charge >= 0.3 is 5.97 Å². The molecule has 1 fully saturated rings. The van der Waals surface area contributed by atoms with Crippen molar-refractivity contribution in [1.82, 2.24) is 0 Å². The number of rotatable bonds is 3. The second kappa shape index (κ2) is 5.81. The number of hydrogen-bond donors (Lipinski definition) is 1. The zero-order chi connectivity index (χ0) is 13.8. The lowest BCUT2D eigenvalue weighted by molar-refractivity contribution is -0.114. The minimum absolute atomic E-state index is 0.235. The molecular weight excluding hydrogens is 250 g/mol. The second-order valence-corrected chi connectivity index (χ2v) is 4.05. The lowest BCUT2D eigenvalue weighted by atomic mass is 10.1. The maximum absolute atomic E-state index is 11.5. The van der Waals surface area contributed by atoms with Crippen LogP contribution in [0.5, 0.6) is 0 Å². The largest absolute Gasteiger partial charge is 0.465 e. The number of nitrogens with one attached hydrogen (secondary N) is 1. The SMILES string of the molecule is COC(=O)c1ccc(C2OCCO2)c(NC(C)=O)c1. The summed E-state index contributed by atoms with van der Waals surface area (Å²) in [6, 6.07) is 4.85. The molecule has 0 atom stereocenters. The fraction of sp³-hybridized carbons (Fsp3) is 0.385. The maximum Gasteiger partial charge on any atom is 0.337 e. The van der Waals surface area contributed by atoms with E-state index < -0.39 is 12.3 Å². The normalized spacial score (nSPS) is 15.3. The van der Waals surface area contributed by atoms with Gasteiger partial charge in [0.05, 0.1) is 25.9 Å². The Hall–Kier alpha value is -1.92. The van der Waals surface area contributed by atoms with Gasteiger partial charge in [-0.2, -0.15) is 0 Å². The number of benzene rings is 1. The highest BCUT2D eigenvalue weighted by molar-refractivity contribution is 5.94. The van der Waals surface area contributed by atoms with Crippen molar-refractivity contribution in [3.8, 4) is 0 Å². The highest BCUT2D eigenvalue weighted by Crippen LogP contribution is 2.30. The highest BCUT2D eigenvalue weighted by atomic mass is 16.7. The Morgan fingerprint density at radius 2 is 2.00 bits per heavy atom. The minimum atomic E-state index is -0.520. The second-order valence-electron chi connectivity index (χ2n) is 4.05. The molecule has 1 aliphatic heterocycles. The molecule has 1 saturated heterocycles. The van der Waals surface area contributed by atoms with Crippen molar-refractivity contribution >= 4 is 17.6 Å². The molecule has 2 rings (SSSR count). The molecular formula is C13H15NO5. The molecule has 0 bridgehead atoms. The average Bonchev–Trinajstić information content (AvgIpc) is 2.90. The van der Waals surface area contributed by atoms with Crippen molar-refractivity contribution < 1.29 is 23.8 Å². The molecule has 19 heavy (non-hydrogen) atoms. The van der Waals surface area contributed by atoms with E-state index in [2.05, 4.69) is 10.1 Å². The molecule has 0 aliphatic carbocycles. The zero-order valence-electron chi connectivity index (χ0n) is 10.8. The van der Waals surface area contributed by atoms with E-state index in [4.69, 9.17) is 9.47 Å². The molecule has 1 aromatic carbocycles. The molecule has 1 aliphatic rings. The molecule has 6 heteroatoms. The van der Waals surface area contributed by atoms with E-state index in [0.29, 0.717) is 30.0 Å². The van der Waals surface area contributed by atoms with Crippen LogP contribution in [0, 0.1) is 0 Å². The summed E-state index contributed by atoms with van der Waals surface area (Å²) >= 11 is 0. The molecule has 0 unspecified atom stereocenters. The van der Waals surface area contributed by atoms with Gasteiger partial charge in [-0.05, 0) is 12.1 Å². The average molecular weight is 265 g/mol. The van der Waals surface area contributed by atoms with Crippen molar-refractivity contribution in [3.05, 3.63) is 29.3 Å². The topological polar surface area (TPSA) is 73.9 Å². The smallest absolute Gasteiger partial charge is 0.337 e. The summed E-state index contributed by atoms with van der Waals surface area (Å²) in [5, 5.41) is 2.66. The number of methoxy groups -OCH3 is 1. The first-order valence-corrected chi connectivity index (χ1v) is 5.85. The molecule has 1 heterocycles. The van der Waals surface area contributed by atoms with E-state index in [1.807, 2.05) is 0 Å². The van der Waals surface area contributed by atoms with Gasteiger partial charge in [0, 0.05) is 18.2 Å². The predicted octanol–water partition coefficient (Wildman–Crippen LogP) is 1.48. The number of esters is 1. The molecule has 1 amide bonds. The molecule has 0 aromatic heterocycles. The van der Waals surface area contributed by atoms with E-state index in [1.165, 1.54) is 14.0 Å². The predicted molar refractivity (Wildman–Crippen MR) is 66.7 cm³/mol. The third-order valence-electron chi connectivity index (χ3n) is 2.66. The van der Waals surface area contributed by atoms with Gasteiger partial charge in [-0.1, -0.05) is 6.07 Å². The van der Waals surface area contributed by atoms with Crippen LogP contribution >= 0.6 is 0 Å². The van der Waals surface area contributed by atoms with E-state index in [0.717, 1.165) is 0 Å². The van der Waals surface area contributed by atoms with Crippen LogP contribution in [0.3, 0.4) is 0 Å². The molecule has 0 saturated carbocycles. The van der Waals surface area contributed by atoms with E-state index in [-0.39, 0.29) is 5.91 Å². The fourth-order valence-corrected chi connectivity index (χ4v) is 1.84. The van der Waals surface area contributed by atoms with Gasteiger partial charge in [0.15, 0.2) is 6.29 Å². The van der Waals surface area contributed by atoms with Crippen molar-refractivity contribution in [2.75, 3.05) is 25.6 Å². The van der Waals surface area contributed by atoms with Gasteiger partial charge in [0.25, 0.3) is 0 Å². The Morgan fingerprint density at radius 1 is 1.32 bits per heavy atom. The van der Waals surface area contributed by atoms with Crippen LogP contribution in [0.4, 0.5) is 5.69 Å². The summed E-state index contributed by atoms with van der Waals surface area (Å²) in [5.74, 6) is -0.701. The van der Waals surface area contributed by atoms with Gasteiger partial charge in [0.2, 0.25) is 5.91 Å². The van der Waals surface area contributed by atoms with Crippen LogP contribution in [0.15, 0.2) is 18.2 Å². The van der Waals surface area contributed by atoms with Gasteiger partial charge < -0.3 is 19.5 Å². The highest BCUT2D eigenvalue weighted by Gasteiger charge is 2.23. The van der Waals surface area contributed by atoms with Gasteiger partial charge in [0.1, 0.15) is 0 Å². The number of ether oxygens (including phenoxy) is 3. The van der Waals surface area contributed by atoms with Crippen molar-refractivity contribution in [2.45, 2.75) is 13.2 Å². The van der Waals surface area contributed by atoms with Crippen LogP contribution in [0.1, 0.15) is 29.1 Å². The Bertz CT molecular complexity index is 494. The number of anilines is 1. The minimum Gasteiger partial charge on any atom is -0.465 e. The third kappa shape index (κ3) is 3.10. The van der Waals surface area contributed by atoms with Crippen molar-refractivity contribution in [3.63, 3.8) is 0 Å². The zero-order valence-corrected chi connectivity index (χ0v) is 10.8. The lowest BCUT2D eigenvalue weighted by Crippen LogP contribution is -2.12. The first-order valence-electron chi connectivity index (χ1n) is 5.85. The quantitative estimate of drug-likeness (QED) is 0.838. The monoisotopic (exact) mass is 265 g/mol. The summed E-state index contributed by atoms with van der Waals surface area (Å²) in [6.45, 7) is 2.40. The Morgan fingerprint density at radius 3 is 2.58 bits per heavy atom. The van der Waals surface area contributed by atoms with Crippen LogP contribution in [-0.2, 0) is 19.0 Å². The fourth-order valence-electron chi connectivity index (χ4n) is 1.84. The van der Waals surface area contributed by atoms with Crippen LogP contribution in [-0.4, -0.2) is 32.2 Å². The summed E-state index contributed by atoms with van der Waals surface area (Å²) in [6.07, 6.45) is -0.520. The standard InChI is InChI=1S/C13H15NO5/c1-8(15)14-11-7-9(12(16)17-2)3-4-10(11)13-18-5-6-19-13/h3-4,7,13H,5-6H2,1-2H3,(H,14,15). The molecule has 1 aromatic rings. The van der Waals surface area contributed by atoms with E-state index in [9.17, 15) is 9.59 Å². The summed E-state index contributed by atoms with van der Waals surface area (Å²) < 4.78 is 15.4. The maximum atomic E-state index is 11.5. The Balaban J connectivity index is 2.35. The summed E-state index contributed by atoms with van der Waals surface area (Å²) in [4.78, 5) is 22.7. The van der Waals surface area contributed by atoms with Crippen molar-refractivity contribution in [1.29, 1.82) is 0 Å². The molecule has 1 N–H and O–H groups in total.